The molecule has 222 valence electrons. The predicted octanol–water partition coefficient (Wildman–Crippen LogP) is 12.2. The van der Waals surface area contributed by atoms with Gasteiger partial charge in [-0.3, -0.25) is 0 Å². The molecule has 1 heterocycles. The molecule has 0 atom stereocenters. The fraction of sp³-hybridized carbons (Fsp3) is 0.0222. The van der Waals surface area contributed by atoms with E-state index in [-0.39, 0.29) is 0 Å². The zero-order valence-electron chi connectivity index (χ0n) is 25.9. The van der Waals surface area contributed by atoms with Crippen LogP contribution in [0.15, 0.2) is 176 Å². The lowest BCUT2D eigenvalue weighted by molar-refractivity contribution is 1.09. The molecule has 0 radical (unpaired) electrons. The molecular formula is C45H32N2. The first-order valence-corrected chi connectivity index (χ1v) is 16.3. The van der Waals surface area contributed by atoms with Gasteiger partial charge >= 0.3 is 0 Å². The monoisotopic (exact) mass is 600 g/mol. The van der Waals surface area contributed by atoms with Crippen molar-refractivity contribution in [1.29, 1.82) is 0 Å². The summed E-state index contributed by atoms with van der Waals surface area (Å²) in [6, 6.07) is 57.1. The van der Waals surface area contributed by atoms with Crippen LogP contribution in [0, 0.1) is 0 Å². The van der Waals surface area contributed by atoms with Crippen LogP contribution in [0.25, 0.3) is 55.3 Å². The summed E-state index contributed by atoms with van der Waals surface area (Å²) in [4.78, 5) is 2.34. The van der Waals surface area contributed by atoms with Crippen LogP contribution in [0.3, 0.4) is 0 Å². The third-order valence-electron chi connectivity index (χ3n) is 9.39. The number of nitrogens with zero attached hydrogens (tertiary/aromatic N) is 2. The maximum atomic E-state index is 2.43. The smallest absolute Gasteiger partial charge is 0.0539 e. The molecule has 1 aliphatic rings. The van der Waals surface area contributed by atoms with Crippen molar-refractivity contribution in [2.75, 3.05) is 4.90 Å². The number of fused-ring (bicyclic) bond motifs is 5. The minimum Gasteiger partial charge on any atom is -0.310 e. The number of aromatic nitrogens is 1. The summed E-state index contributed by atoms with van der Waals surface area (Å²) >= 11 is 0. The third kappa shape index (κ3) is 4.65. The Morgan fingerprint density at radius 2 is 1.11 bits per heavy atom. The number of allylic oxidation sites excluding steroid dienone is 3. The molecule has 0 fully saturated rings. The Morgan fingerprint density at radius 1 is 0.489 bits per heavy atom. The fourth-order valence-electron chi connectivity index (χ4n) is 7.28. The molecule has 1 aliphatic carbocycles. The standard InChI is InChI=1S/C45H32N2/c1-4-16-35(17-5-1)46(36-18-6-2-7-19-36)38-28-29-44-42(31-38)41-22-8-3-9-23-43(41)47(44)37-26-24-32(25-27-37)45-39-20-12-10-14-33(39)30-34-15-11-13-21-40(34)45/h1-21,23-31H,22H2. The topological polar surface area (TPSA) is 8.17 Å². The minimum atomic E-state index is 0.881. The lowest BCUT2D eigenvalue weighted by Crippen LogP contribution is -2.09. The fourth-order valence-corrected chi connectivity index (χ4v) is 7.28. The van der Waals surface area contributed by atoms with Crippen LogP contribution in [0.4, 0.5) is 17.1 Å². The van der Waals surface area contributed by atoms with Gasteiger partial charge in [0.15, 0.2) is 0 Å². The Balaban J connectivity index is 1.21. The molecule has 1 aromatic heterocycles. The molecule has 0 amide bonds. The Bertz CT molecular complexity index is 2370. The first-order chi connectivity index (χ1) is 23.3. The molecule has 0 bridgehead atoms. The van der Waals surface area contributed by atoms with Gasteiger partial charge < -0.3 is 9.47 Å². The maximum Gasteiger partial charge on any atom is 0.0539 e. The summed E-state index contributed by atoms with van der Waals surface area (Å²) < 4.78 is 2.43. The summed E-state index contributed by atoms with van der Waals surface area (Å²) in [6.07, 6.45) is 9.73. The lowest BCUT2D eigenvalue weighted by Gasteiger charge is -2.25. The third-order valence-corrected chi connectivity index (χ3v) is 9.39. The van der Waals surface area contributed by atoms with Crippen LogP contribution in [-0.2, 0) is 6.42 Å². The van der Waals surface area contributed by atoms with Gasteiger partial charge in [-0.1, -0.05) is 115 Å². The van der Waals surface area contributed by atoms with Gasteiger partial charge in [-0.15, -0.1) is 0 Å². The molecule has 2 heteroatoms. The van der Waals surface area contributed by atoms with E-state index in [0.717, 1.165) is 29.2 Å². The van der Waals surface area contributed by atoms with Crippen LogP contribution in [-0.4, -0.2) is 4.57 Å². The van der Waals surface area contributed by atoms with E-state index in [9.17, 15) is 0 Å². The Hall–Kier alpha value is -6.12. The van der Waals surface area contributed by atoms with Crippen LogP contribution >= 0.6 is 0 Å². The van der Waals surface area contributed by atoms with E-state index in [1.54, 1.807) is 0 Å². The van der Waals surface area contributed by atoms with Crippen molar-refractivity contribution in [1.82, 2.24) is 4.57 Å². The number of hydrogen-bond donors (Lipinski definition) is 0. The SMILES string of the molecule is C1=CCc2c(n(-c3ccc(-c4c5ccccc5cc5ccccc45)cc3)c3ccc(N(c4ccccc4)c4ccccc4)cc23)C=C1. The molecule has 0 saturated carbocycles. The van der Waals surface area contributed by atoms with Gasteiger partial charge in [0.25, 0.3) is 0 Å². The number of para-hydroxylation sites is 2. The van der Waals surface area contributed by atoms with Gasteiger partial charge in [-0.2, -0.15) is 0 Å². The van der Waals surface area contributed by atoms with Crippen molar-refractivity contribution in [3.63, 3.8) is 0 Å². The Kier molecular flexibility index (Phi) is 6.57. The summed E-state index contributed by atoms with van der Waals surface area (Å²) in [5.41, 5.74) is 10.9. The van der Waals surface area contributed by atoms with Crippen LogP contribution in [0.1, 0.15) is 11.3 Å². The predicted molar refractivity (Wildman–Crippen MR) is 200 cm³/mol. The van der Waals surface area contributed by atoms with Gasteiger partial charge in [0, 0.05) is 28.1 Å². The van der Waals surface area contributed by atoms with Crippen molar-refractivity contribution < 1.29 is 0 Å². The average molecular weight is 601 g/mol. The minimum absolute atomic E-state index is 0.881. The number of rotatable bonds is 5. The van der Waals surface area contributed by atoms with Gasteiger partial charge in [0.1, 0.15) is 0 Å². The first-order valence-electron chi connectivity index (χ1n) is 16.3. The van der Waals surface area contributed by atoms with E-state index in [4.69, 9.17) is 0 Å². The molecule has 47 heavy (non-hydrogen) atoms. The molecule has 0 aliphatic heterocycles. The normalized spacial score (nSPS) is 12.4. The van der Waals surface area contributed by atoms with Crippen LogP contribution in [0.5, 0.6) is 0 Å². The summed E-state index contributed by atoms with van der Waals surface area (Å²) in [6.45, 7) is 0. The van der Waals surface area contributed by atoms with Gasteiger partial charge in [-0.05, 0) is 111 Å². The maximum absolute atomic E-state index is 2.43. The van der Waals surface area contributed by atoms with Crippen molar-refractivity contribution in [3.8, 4) is 16.8 Å². The van der Waals surface area contributed by atoms with E-state index in [1.165, 1.54) is 54.8 Å². The Morgan fingerprint density at radius 3 is 1.77 bits per heavy atom. The van der Waals surface area contributed by atoms with E-state index < -0.39 is 0 Å². The van der Waals surface area contributed by atoms with E-state index in [0.29, 0.717) is 0 Å². The quantitative estimate of drug-likeness (QED) is 0.178. The molecule has 0 saturated heterocycles. The summed E-state index contributed by atoms with van der Waals surface area (Å²) in [5.74, 6) is 0. The number of benzene rings is 7. The van der Waals surface area contributed by atoms with Gasteiger partial charge in [0.05, 0.1) is 11.2 Å². The second kappa shape index (κ2) is 11.3. The molecule has 0 spiro atoms. The van der Waals surface area contributed by atoms with Crippen molar-refractivity contribution in [2.45, 2.75) is 6.42 Å². The van der Waals surface area contributed by atoms with E-state index in [2.05, 4.69) is 191 Å². The van der Waals surface area contributed by atoms with Gasteiger partial charge in [-0.25, -0.2) is 0 Å². The molecule has 7 aromatic carbocycles. The van der Waals surface area contributed by atoms with Gasteiger partial charge in [0.2, 0.25) is 0 Å². The van der Waals surface area contributed by atoms with E-state index in [1.807, 2.05) is 0 Å². The highest BCUT2D eigenvalue weighted by atomic mass is 15.1. The molecule has 0 N–H and O–H groups in total. The van der Waals surface area contributed by atoms with Crippen LogP contribution in [0.2, 0.25) is 0 Å². The lowest BCUT2D eigenvalue weighted by atomic mass is 9.92. The number of anilines is 3. The molecule has 2 nitrogen and oxygen atoms in total. The van der Waals surface area contributed by atoms with Crippen molar-refractivity contribution in [3.05, 3.63) is 187 Å². The highest BCUT2D eigenvalue weighted by Crippen LogP contribution is 2.41. The molecule has 8 aromatic rings. The average Bonchev–Trinajstić information content (AvgIpc) is 3.24. The zero-order valence-corrected chi connectivity index (χ0v) is 25.9. The highest BCUT2D eigenvalue weighted by Gasteiger charge is 2.20. The second-order valence-electron chi connectivity index (χ2n) is 12.1. The van der Waals surface area contributed by atoms with Crippen molar-refractivity contribution >= 4 is 55.6 Å². The highest BCUT2D eigenvalue weighted by molar-refractivity contribution is 6.12. The molecule has 9 rings (SSSR count). The first kappa shape index (κ1) is 27.2. The molecule has 0 unspecified atom stereocenters. The largest absolute Gasteiger partial charge is 0.310 e. The van der Waals surface area contributed by atoms with E-state index >= 15 is 0 Å². The Labute approximate surface area is 274 Å². The van der Waals surface area contributed by atoms with Crippen LogP contribution < -0.4 is 4.90 Å². The summed E-state index contributed by atoms with van der Waals surface area (Å²) in [5, 5.41) is 6.36. The molecular weight excluding hydrogens is 569 g/mol. The second-order valence-corrected chi connectivity index (χ2v) is 12.1. The van der Waals surface area contributed by atoms with Crippen molar-refractivity contribution in [2.24, 2.45) is 0 Å². The summed E-state index contributed by atoms with van der Waals surface area (Å²) in [7, 11) is 0. The number of hydrogen-bond acceptors (Lipinski definition) is 1. The zero-order chi connectivity index (χ0) is 31.2.